The molecule has 23 heavy (non-hydrogen) atoms. The van der Waals surface area contributed by atoms with Crippen LogP contribution in [0.15, 0.2) is 41.7 Å². The SMILES string of the molecule is CC(C)C1=NO[C@@H](C(=O)NCCCn2ccc3ccccc32)C1. The van der Waals surface area contributed by atoms with Crippen LogP contribution in [0.2, 0.25) is 0 Å². The van der Waals surface area contributed by atoms with Crippen molar-refractivity contribution in [2.24, 2.45) is 11.1 Å². The van der Waals surface area contributed by atoms with Crippen LogP contribution in [0.3, 0.4) is 0 Å². The third kappa shape index (κ3) is 3.55. The van der Waals surface area contributed by atoms with E-state index in [1.807, 2.05) is 12.1 Å². The number of hydrogen-bond donors (Lipinski definition) is 1. The van der Waals surface area contributed by atoms with Gasteiger partial charge in [0.05, 0.1) is 5.71 Å². The van der Waals surface area contributed by atoms with E-state index < -0.39 is 6.10 Å². The van der Waals surface area contributed by atoms with Crippen molar-refractivity contribution in [3.63, 3.8) is 0 Å². The number of aryl methyl sites for hydroxylation is 1. The quantitative estimate of drug-likeness (QED) is 0.834. The van der Waals surface area contributed by atoms with Gasteiger partial charge in [-0.3, -0.25) is 4.79 Å². The summed E-state index contributed by atoms with van der Waals surface area (Å²) in [6.45, 7) is 5.64. The lowest BCUT2D eigenvalue weighted by molar-refractivity contribution is -0.131. The smallest absolute Gasteiger partial charge is 0.264 e. The van der Waals surface area contributed by atoms with Crippen molar-refractivity contribution in [1.29, 1.82) is 0 Å². The Morgan fingerprint density at radius 2 is 2.22 bits per heavy atom. The van der Waals surface area contributed by atoms with Gasteiger partial charge in [0.1, 0.15) is 0 Å². The molecule has 1 atom stereocenters. The van der Waals surface area contributed by atoms with Crippen molar-refractivity contribution in [1.82, 2.24) is 9.88 Å². The normalized spacial score (nSPS) is 17.3. The first-order chi connectivity index (χ1) is 11.1. The van der Waals surface area contributed by atoms with E-state index in [-0.39, 0.29) is 5.91 Å². The molecule has 1 N–H and O–H groups in total. The first-order valence-corrected chi connectivity index (χ1v) is 8.19. The molecular weight excluding hydrogens is 290 g/mol. The van der Waals surface area contributed by atoms with Crippen molar-refractivity contribution >= 4 is 22.5 Å². The molecule has 3 rings (SSSR count). The molecule has 0 saturated carbocycles. The Morgan fingerprint density at radius 3 is 3.00 bits per heavy atom. The van der Waals surface area contributed by atoms with Crippen molar-refractivity contribution in [2.45, 2.75) is 39.3 Å². The molecule has 5 heteroatoms. The summed E-state index contributed by atoms with van der Waals surface area (Å²) in [7, 11) is 0. The van der Waals surface area contributed by atoms with Gasteiger partial charge in [0, 0.05) is 31.2 Å². The Hall–Kier alpha value is -2.30. The predicted octanol–water partition coefficient (Wildman–Crippen LogP) is 2.95. The number of hydrogen-bond acceptors (Lipinski definition) is 3. The van der Waals surface area contributed by atoms with Gasteiger partial charge in [-0.1, -0.05) is 37.2 Å². The number of carbonyl (C=O) groups excluding carboxylic acids is 1. The number of nitrogens with zero attached hydrogens (tertiary/aromatic N) is 2. The van der Waals surface area contributed by atoms with E-state index in [2.05, 4.69) is 53.3 Å². The predicted molar refractivity (Wildman–Crippen MR) is 91.3 cm³/mol. The Morgan fingerprint density at radius 1 is 1.39 bits per heavy atom. The minimum absolute atomic E-state index is 0.0678. The third-order valence-corrected chi connectivity index (χ3v) is 4.21. The molecule has 0 bridgehead atoms. The minimum Gasteiger partial charge on any atom is -0.382 e. The van der Waals surface area contributed by atoms with Gasteiger partial charge in [-0.15, -0.1) is 0 Å². The first kappa shape index (κ1) is 15.6. The highest BCUT2D eigenvalue weighted by Gasteiger charge is 2.28. The van der Waals surface area contributed by atoms with Gasteiger partial charge >= 0.3 is 0 Å². The third-order valence-electron chi connectivity index (χ3n) is 4.21. The standard InChI is InChI=1S/C18H23N3O2/c1-13(2)15-12-17(23-20-15)18(22)19-9-5-10-21-11-8-14-6-3-4-7-16(14)21/h3-4,6-8,11,13,17H,5,9-10,12H2,1-2H3,(H,19,22)/t17-/m1/s1. The van der Waals surface area contributed by atoms with Crippen LogP contribution in [-0.2, 0) is 16.2 Å². The van der Waals surface area contributed by atoms with Crippen molar-refractivity contribution in [3.05, 3.63) is 36.5 Å². The summed E-state index contributed by atoms with van der Waals surface area (Å²) in [6.07, 6.45) is 3.12. The van der Waals surface area contributed by atoms with E-state index >= 15 is 0 Å². The van der Waals surface area contributed by atoms with E-state index in [1.165, 1.54) is 10.9 Å². The number of oxime groups is 1. The molecule has 5 nitrogen and oxygen atoms in total. The average Bonchev–Trinajstić information content (AvgIpc) is 3.19. The molecule has 0 radical (unpaired) electrons. The Bertz CT molecular complexity index is 718. The highest BCUT2D eigenvalue weighted by molar-refractivity contribution is 5.93. The maximum absolute atomic E-state index is 12.1. The highest BCUT2D eigenvalue weighted by atomic mass is 16.6. The summed E-state index contributed by atoms with van der Waals surface area (Å²) in [6, 6.07) is 10.4. The van der Waals surface area contributed by atoms with Crippen LogP contribution in [0.1, 0.15) is 26.7 Å². The number of fused-ring (bicyclic) bond motifs is 1. The number of rotatable bonds is 6. The monoisotopic (exact) mass is 313 g/mol. The molecule has 122 valence electrons. The lowest BCUT2D eigenvalue weighted by atomic mass is 10.0. The molecule has 1 aliphatic heterocycles. The summed E-state index contributed by atoms with van der Waals surface area (Å²) >= 11 is 0. The molecule has 1 aliphatic rings. The second-order valence-electron chi connectivity index (χ2n) is 6.25. The molecule has 2 aromatic rings. The molecule has 0 fully saturated rings. The Kier molecular flexibility index (Phi) is 4.65. The lowest BCUT2D eigenvalue weighted by Gasteiger charge is -2.10. The topological polar surface area (TPSA) is 55.6 Å². The van der Waals surface area contributed by atoms with Gasteiger partial charge in [0.15, 0.2) is 0 Å². The van der Waals surface area contributed by atoms with Gasteiger partial charge < -0.3 is 14.7 Å². The molecule has 0 saturated heterocycles. The van der Waals surface area contributed by atoms with E-state index in [0.29, 0.717) is 18.9 Å². The van der Waals surface area contributed by atoms with Crippen LogP contribution in [0.5, 0.6) is 0 Å². The summed E-state index contributed by atoms with van der Waals surface area (Å²) in [5.41, 5.74) is 2.19. The van der Waals surface area contributed by atoms with Crippen molar-refractivity contribution in [3.8, 4) is 0 Å². The summed E-state index contributed by atoms with van der Waals surface area (Å²) in [4.78, 5) is 17.3. The molecule has 0 spiro atoms. The average molecular weight is 313 g/mol. The Labute approximate surface area is 136 Å². The van der Waals surface area contributed by atoms with Gasteiger partial charge in [-0.05, 0) is 29.9 Å². The molecule has 1 aromatic carbocycles. The zero-order chi connectivity index (χ0) is 16.2. The maximum atomic E-state index is 12.1. The summed E-state index contributed by atoms with van der Waals surface area (Å²) in [5.74, 6) is 0.261. The number of benzene rings is 1. The summed E-state index contributed by atoms with van der Waals surface area (Å²) < 4.78 is 2.22. The number of carbonyl (C=O) groups is 1. The number of aromatic nitrogens is 1. The highest BCUT2D eigenvalue weighted by Crippen LogP contribution is 2.17. The van der Waals surface area contributed by atoms with E-state index in [4.69, 9.17) is 4.84 Å². The van der Waals surface area contributed by atoms with Gasteiger partial charge in [-0.25, -0.2) is 0 Å². The van der Waals surface area contributed by atoms with E-state index in [0.717, 1.165) is 18.7 Å². The van der Waals surface area contributed by atoms with E-state index in [9.17, 15) is 4.79 Å². The zero-order valence-electron chi connectivity index (χ0n) is 13.7. The fourth-order valence-corrected chi connectivity index (χ4v) is 2.79. The molecular formula is C18H23N3O2. The zero-order valence-corrected chi connectivity index (χ0v) is 13.7. The second-order valence-corrected chi connectivity index (χ2v) is 6.25. The fraction of sp³-hybridized carbons (Fsp3) is 0.444. The lowest BCUT2D eigenvalue weighted by Crippen LogP contribution is -2.35. The van der Waals surface area contributed by atoms with Crippen LogP contribution in [-0.4, -0.2) is 28.8 Å². The molecule has 1 amide bonds. The maximum Gasteiger partial charge on any atom is 0.264 e. The first-order valence-electron chi connectivity index (χ1n) is 8.19. The molecule has 1 aromatic heterocycles. The van der Waals surface area contributed by atoms with Crippen molar-refractivity contribution < 1.29 is 9.63 Å². The fourth-order valence-electron chi connectivity index (χ4n) is 2.79. The van der Waals surface area contributed by atoms with E-state index in [1.54, 1.807) is 0 Å². The van der Waals surface area contributed by atoms with Crippen LogP contribution in [0.4, 0.5) is 0 Å². The van der Waals surface area contributed by atoms with Crippen molar-refractivity contribution in [2.75, 3.05) is 6.54 Å². The second kappa shape index (κ2) is 6.86. The van der Waals surface area contributed by atoms with Gasteiger partial charge in [0.25, 0.3) is 5.91 Å². The van der Waals surface area contributed by atoms with Crippen LogP contribution >= 0.6 is 0 Å². The van der Waals surface area contributed by atoms with Gasteiger partial charge in [0.2, 0.25) is 6.10 Å². The van der Waals surface area contributed by atoms with Gasteiger partial charge in [-0.2, -0.15) is 0 Å². The number of nitrogens with one attached hydrogen (secondary N) is 1. The van der Waals surface area contributed by atoms with Crippen LogP contribution < -0.4 is 5.32 Å². The summed E-state index contributed by atoms with van der Waals surface area (Å²) in [5, 5.41) is 8.18. The van der Waals surface area contributed by atoms with Crippen LogP contribution in [0.25, 0.3) is 10.9 Å². The number of para-hydroxylation sites is 1. The number of amides is 1. The largest absolute Gasteiger partial charge is 0.382 e. The minimum atomic E-state index is -0.459. The van der Waals surface area contributed by atoms with Crippen LogP contribution in [0, 0.1) is 5.92 Å². The Balaban J connectivity index is 1.43. The molecule has 0 aliphatic carbocycles. The molecule has 2 heterocycles. The molecule has 0 unspecified atom stereocenters.